The molecule has 1 saturated heterocycles. The summed E-state index contributed by atoms with van der Waals surface area (Å²) in [6.45, 7) is 3.28. The summed E-state index contributed by atoms with van der Waals surface area (Å²) in [7, 11) is 0. The first-order valence-electron chi connectivity index (χ1n) is 10.3. The standard InChI is InChI=1S/C20H41NO2/c1-2-3-4-5-6-7-8-9-10-11-12-14-18(22)17-20(23)19-15-13-16-21-19/h18-23H,2-17H2,1H3/t18-,19?,20-/m0/s1. The van der Waals surface area contributed by atoms with Crippen molar-refractivity contribution in [3.63, 3.8) is 0 Å². The molecule has 0 radical (unpaired) electrons. The normalized spacial score (nSPS) is 20.7. The summed E-state index contributed by atoms with van der Waals surface area (Å²) in [6, 6.07) is 0.210. The van der Waals surface area contributed by atoms with Crippen molar-refractivity contribution in [1.82, 2.24) is 5.32 Å². The number of hydrogen-bond donors (Lipinski definition) is 3. The molecule has 3 N–H and O–H groups in total. The first-order chi connectivity index (χ1) is 11.2. The Morgan fingerprint density at radius 1 is 0.870 bits per heavy atom. The highest BCUT2D eigenvalue weighted by Gasteiger charge is 2.24. The van der Waals surface area contributed by atoms with E-state index in [4.69, 9.17) is 0 Å². The fourth-order valence-electron chi connectivity index (χ4n) is 3.64. The molecule has 3 atom stereocenters. The zero-order valence-corrected chi connectivity index (χ0v) is 15.4. The van der Waals surface area contributed by atoms with Gasteiger partial charge in [-0.15, -0.1) is 0 Å². The molecule has 0 spiro atoms. The van der Waals surface area contributed by atoms with Crippen LogP contribution in [0.25, 0.3) is 0 Å². The largest absolute Gasteiger partial charge is 0.393 e. The number of nitrogens with one attached hydrogen (secondary N) is 1. The van der Waals surface area contributed by atoms with Gasteiger partial charge in [-0.3, -0.25) is 0 Å². The number of hydrogen-bond acceptors (Lipinski definition) is 3. The molecule has 1 fully saturated rings. The van der Waals surface area contributed by atoms with Gasteiger partial charge in [0.05, 0.1) is 12.2 Å². The Hall–Kier alpha value is -0.120. The molecule has 1 rings (SSSR count). The molecule has 0 aromatic rings. The molecule has 0 saturated carbocycles. The molecule has 0 amide bonds. The maximum absolute atomic E-state index is 10.1. The highest BCUT2D eigenvalue weighted by molar-refractivity contribution is 4.82. The van der Waals surface area contributed by atoms with E-state index in [1.54, 1.807) is 0 Å². The Morgan fingerprint density at radius 3 is 1.96 bits per heavy atom. The third-order valence-corrected chi connectivity index (χ3v) is 5.22. The van der Waals surface area contributed by atoms with Gasteiger partial charge < -0.3 is 15.5 Å². The molecule has 0 aliphatic carbocycles. The molecule has 3 heteroatoms. The molecule has 1 unspecified atom stereocenters. The smallest absolute Gasteiger partial charge is 0.0717 e. The molecule has 138 valence electrons. The van der Waals surface area contributed by atoms with Crippen LogP contribution in [0.3, 0.4) is 0 Å². The van der Waals surface area contributed by atoms with Gasteiger partial charge in [0, 0.05) is 12.5 Å². The van der Waals surface area contributed by atoms with E-state index in [1.807, 2.05) is 0 Å². The van der Waals surface area contributed by atoms with Crippen molar-refractivity contribution in [2.75, 3.05) is 6.54 Å². The van der Waals surface area contributed by atoms with Crippen molar-refractivity contribution >= 4 is 0 Å². The third kappa shape index (κ3) is 11.1. The number of unbranched alkanes of at least 4 members (excludes halogenated alkanes) is 10. The van der Waals surface area contributed by atoms with Crippen LogP contribution in [0.4, 0.5) is 0 Å². The Kier molecular flexibility index (Phi) is 13.0. The molecular formula is C20H41NO2. The molecule has 0 aromatic heterocycles. The van der Waals surface area contributed by atoms with E-state index in [1.165, 1.54) is 64.2 Å². The van der Waals surface area contributed by atoms with Crippen LogP contribution in [0.2, 0.25) is 0 Å². The van der Waals surface area contributed by atoms with Gasteiger partial charge >= 0.3 is 0 Å². The summed E-state index contributed by atoms with van der Waals surface area (Å²) >= 11 is 0. The van der Waals surface area contributed by atoms with E-state index in [2.05, 4.69) is 12.2 Å². The summed E-state index contributed by atoms with van der Waals surface area (Å²) in [5.41, 5.74) is 0. The summed E-state index contributed by atoms with van der Waals surface area (Å²) in [6.07, 6.45) is 17.6. The molecule has 1 aliphatic rings. The van der Waals surface area contributed by atoms with Gasteiger partial charge in [-0.25, -0.2) is 0 Å². The predicted molar refractivity (Wildman–Crippen MR) is 98.7 cm³/mol. The van der Waals surface area contributed by atoms with Crippen LogP contribution in [0.1, 0.15) is 103 Å². The third-order valence-electron chi connectivity index (χ3n) is 5.22. The van der Waals surface area contributed by atoms with Crippen LogP contribution >= 0.6 is 0 Å². The van der Waals surface area contributed by atoms with Crippen molar-refractivity contribution in [3.05, 3.63) is 0 Å². The van der Waals surface area contributed by atoms with Crippen LogP contribution < -0.4 is 5.32 Å². The van der Waals surface area contributed by atoms with Crippen molar-refractivity contribution in [2.24, 2.45) is 0 Å². The number of rotatable bonds is 15. The predicted octanol–water partition coefficient (Wildman–Crippen LogP) is 4.55. The SMILES string of the molecule is CCCCCCCCCCCCC[C@H](O)C[C@H](O)C1CCCN1. The van der Waals surface area contributed by atoms with E-state index >= 15 is 0 Å². The van der Waals surface area contributed by atoms with Gasteiger partial charge in [0.15, 0.2) is 0 Å². The van der Waals surface area contributed by atoms with E-state index in [0.717, 1.165) is 32.2 Å². The topological polar surface area (TPSA) is 52.5 Å². The minimum Gasteiger partial charge on any atom is -0.393 e. The summed E-state index contributed by atoms with van der Waals surface area (Å²) in [5.74, 6) is 0. The Morgan fingerprint density at radius 2 is 1.43 bits per heavy atom. The quantitative estimate of drug-likeness (QED) is 0.387. The Bertz CT molecular complexity index is 254. The molecule has 0 aromatic carbocycles. The maximum Gasteiger partial charge on any atom is 0.0717 e. The van der Waals surface area contributed by atoms with E-state index in [0.29, 0.717) is 6.42 Å². The van der Waals surface area contributed by atoms with E-state index < -0.39 is 0 Å². The van der Waals surface area contributed by atoms with Crippen LogP contribution in [0.5, 0.6) is 0 Å². The summed E-state index contributed by atoms with van der Waals surface area (Å²) in [4.78, 5) is 0. The molecule has 3 nitrogen and oxygen atoms in total. The fraction of sp³-hybridized carbons (Fsp3) is 1.00. The molecule has 1 aliphatic heterocycles. The average Bonchev–Trinajstić information content (AvgIpc) is 3.07. The van der Waals surface area contributed by atoms with E-state index in [9.17, 15) is 10.2 Å². The second-order valence-electron chi connectivity index (χ2n) is 7.48. The highest BCUT2D eigenvalue weighted by atomic mass is 16.3. The van der Waals surface area contributed by atoms with Crippen molar-refractivity contribution in [1.29, 1.82) is 0 Å². The van der Waals surface area contributed by atoms with E-state index in [-0.39, 0.29) is 18.2 Å². The average molecular weight is 328 g/mol. The van der Waals surface area contributed by atoms with Crippen LogP contribution in [-0.2, 0) is 0 Å². The second kappa shape index (κ2) is 14.2. The Balaban J connectivity index is 1.83. The van der Waals surface area contributed by atoms with Gasteiger partial charge in [-0.2, -0.15) is 0 Å². The summed E-state index contributed by atoms with van der Waals surface area (Å²) in [5, 5.41) is 23.4. The van der Waals surface area contributed by atoms with Gasteiger partial charge in [0.25, 0.3) is 0 Å². The zero-order valence-electron chi connectivity index (χ0n) is 15.4. The molecule has 0 bridgehead atoms. The van der Waals surface area contributed by atoms with Crippen molar-refractivity contribution in [2.45, 2.75) is 121 Å². The number of aliphatic hydroxyl groups is 2. The maximum atomic E-state index is 10.1. The van der Waals surface area contributed by atoms with Gasteiger partial charge in [0.2, 0.25) is 0 Å². The number of aliphatic hydroxyl groups excluding tert-OH is 2. The lowest BCUT2D eigenvalue weighted by Gasteiger charge is -2.21. The zero-order chi connectivity index (χ0) is 16.8. The second-order valence-corrected chi connectivity index (χ2v) is 7.48. The lowest BCUT2D eigenvalue weighted by molar-refractivity contribution is 0.0557. The first-order valence-corrected chi connectivity index (χ1v) is 10.3. The highest BCUT2D eigenvalue weighted by Crippen LogP contribution is 2.17. The van der Waals surface area contributed by atoms with Crippen LogP contribution in [-0.4, -0.2) is 35.0 Å². The lowest BCUT2D eigenvalue weighted by Crippen LogP contribution is -2.37. The van der Waals surface area contributed by atoms with Crippen LogP contribution in [0, 0.1) is 0 Å². The Labute approximate surface area is 144 Å². The fourth-order valence-corrected chi connectivity index (χ4v) is 3.64. The van der Waals surface area contributed by atoms with Crippen molar-refractivity contribution in [3.8, 4) is 0 Å². The molecule has 1 heterocycles. The van der Waals surface area contributed by atoms with Gasteiger partial charge in [-0.05, 0) is 25.8 Å². The van der Waals surface area contributed by atoms with Gasteiger partial charge in [0.1, 0.15) is 0 Å². The monoisotopic (exact) mass is 327 g/mol. The first kappa shape index (κ1) is 20.9. The molecular weight excluding hydrogens is 286 g/mol. The van der Waals surface area contributed by atoms with Gasteiger partial charge in [-0.1, -0.05) is 77.6 Å². The minimum absolute atomic E-state index is 0.210. The lowest BCUT2D eigenvalue weighted by atomic mass is 9.99. The minimum atomic E-state index is -0.375. The summed E-state index contributed by atoms with van der Waals surface area (Å²) < 4.78 is 0. The van der Waals surface area contributed by atoms with Crippen molar-refractivity contribution < 1.29 is 10.2 Å². The van der Waals surface area contributed by atoms with Crippen LogP contribution in [0.15, 0.2) is 0 Å². The molecule has 23 heavy (non-hydrogen) atoms.